The molecule has 2 rings (SSSR count). The topological polar surface area (TPSA) is 83.5 Å². The standard InChI is InChI=1S/C15H21NO4S/c1-10-3-8-14(11(2)9-10)21(19,20)16-13-6-4-12(5-7-13)15(17)18/h3,8-9,12-13,16H,4-7H2,1-2H3,(H,17,18). The van der Waals surface area contributed by atoms with Gasteiger partial charge in [0.15, 0.2) is 0 Å². The number of aryl methyl sites for hydroxylation is 2. The van der Waals surface area contributed by atoms with Crippen LogP contribution in [0.2, 0.25) is 0 Å². The van der Waals surface area contributed by atoms with E-state index in [1.165, 1.54) is 0 Å². The second-order valence-corrected chi connectivity index (χ2v) is 7.46. The number of carbonyl (C=O) groups is 1. The second kappa shape index (κ2) is 6.15. The number of benzene rings is 1. The maximum absolute atomic E-state index is 12.4. The lowest BCUT2D eigenvalue weighted by molar-refractivity contribution is -0.142. The first-order valence-corrected chi connectivity index (χ1v) is 8.60. The molecule has 1 aliphatic carbocycles. The molecular formula is C15H21NO4S. The normalized spacial score (nSPS) is 23.0. The van der Waals surface area contributed by atoms with E-state index in [0.717, 1.165) is 11.1 Å². The van der Waals surface area contributed by atoms with Crippen LogP contribution in [0.1, 0.15) is 36.8 Å². The van der Waals surface area contributed by atoms with Crippen molar-refractivity contribution in [2.75, 3.05) is 0 Å². The Morgan fingerprint density at radius 3 is 2.33 bits per heavy atom. The quantitative estimate of drug-likeness (QED) is 0.893. The van der Waals surface area contributed by atoms with Crippen LogP contribution in [0.25, 0.3) is 0 Å². The van der Waals surface area contributed by atoms with Crippen LogP contribution in [0.4, 0.5) is 0 Å². The van der Waals surface area contributed by atoms with Gasteiger partial charge in [0.25, 0.3) is 0 Å². The molecule has 1 aromatic rings. The highest BCUT2D eigenvalue weighted by Gasteiger charge is 2.29. The molecular weight excluding hydrogens is 290 g/mol. The van der Waals surface area contributed by atoms with Gasteiger partial charge in [0, 0.05) is 6.04 Å². The van der Waals surface area contributed by atoms with Gasteiger partial charge in [-0.2, -0.15) is 0 Å². The smallest absolute Gasteiger partial charge is 0.306 e. The molecule has 0 unspecified atom stereocenters. The zero-order valence-electron chi connectivity index (χ0n) is 12.3. The number of hydrogen-bond acceptors (Lipinski definition) is 3. The fourth-order valence-electron chi connectivity index (χ4n) is 2.84. The molecule has 0 aromatic heterocycles. The highest BCUT2D eigenvalue weighted by molar-refractivity contribution is 7.89. The zero-order chi connectivity index (χ0) is 15.6. The highest BCUT2D eigenvalue weighted by Crippen LogP contribution is 2.26. The minimum absolute atomic E-state index is 0.175. The van der Waals surface area contributed by atoms with Crippen molar-refractivity contribution in [1.82, 2.24) is 4.72 Å². The van der Waals surface area contributed by atoms with Gasteiger partial charge in [-0.15, -0.1) is 0 Å². The lowest BCUT2D eigenvalue weighted by Gasteiger charge is -2.26. The molecule has 5 nitrogen and oxygen atoms in total. The van der Waals surface area contributed by atoms with E-state index in [-0.39, 0.29) is 12.0 Å². The summed E-state index contributed by atoms with van der Waals surface area (Å²) in [6, 6.07) is 5.07. The molecule has 1 saturated carbocycles. The molecule has 0 heterocycles. The molecule has 2 N–H and O–H groups in total. The SMILES string of the molecule is Cc1ccc(S(=O)(=O)NC2CCC(C(=O)O)CC2)c(C)c1. The predicted molar refractivity (Wildman–Crippen MR) is 79.6 cm³/mol. The fourth-order valence-corrected chi connectivity index (χ4v) is 4.37. The maximum atomic E-state index is 12.4. The Morgan fingerprint density at radius 1 is 1.19 bits per heavy atom. The maximum Gasteiger partial charge on any atom is 0.306 e. The number of hydrogen-bond donors (Lipinski definition) is 2. The van der Waals surface area contributed by atoms with E-state index < -0.39 is 16.0 Å². The Hall–Kier alpha value is -1.40. The van der Waals surface area contributed by atoms with Gasteiger partial charge < -0.3 is 5.11 Å². The number of rotatable bonds is 4. The average molecular weight is 311 g/mol. The Balaban J connectivity index is 2.07. The summed E-state index contributed by atoms with van der Waals surface area (Å²) in [6.45, 7) is 3.70. The minimum atomic E-state index is -3.54. The summed E-state index contributed by atoms with van der Waals surface area (Å²) in [5, 5.41) is 8.96. The van der Waals surface area contributed by atoms with E-state index in [0.29, 0.717) is 30.6 Å². The zero-order valence-corrected chi connectivity index (χ0v) is 13.1. The summed E-state index contributed by atoms with van der Waals surface area (Å²) in [5.41, 5.74) is 1.75. The molecule has 0 saturated heterocycles. The van der Waals surface area contributed by atoms with Gasteiger partial charge in [0.1, 0.15) is 0 Å². The first-order valence-electron chi connectivity index (χ1n) is 7.12. The monoisotopic (exact) mass is 311 g/mol. The molecule has 0 bridgehead atoms. The summed E-state index contributed by atoms with van der Waals surface area (Å²) >= 11 is 0. The Labute approximate surface area is 125 Å². The third-order valence-electron chi connectivity index (χ3n) is 4.02. The molecule has 21 heavy (non-hydrogen) atoms. The summed E-state index contributed by atoms with van der Waals surface area (Å²) < 4.78 is 27.6. The number of carboxylic acids is 1. The summed E-state index contributed by atoms with van der Waals surface area (Å²) in [6.07, 6.45) is 2.19. The van der Waals surface area contributed by atoms with E-state index in [1.54, 1.807) is 19.1 Å². The molecule has 1 fully saturated rings. The average Bonchev–Trinajstić information content (AvgIpc) is 2.38. The third kappa shape index (κ3) is 3.83. The van der Waals surface area contributed by atoms with Crippen molar-refractivity contribution < 1.29 is 18.3 Å². The van der Waals surface area contributed by atoms with E-state index in [1.807, 2.05) is 13.0 Å². The Bertz CT molecular complexity index is 631. The summed E-state index contributed by atoms with van der Waals surface area (Å²) in [4.78, 5) is 11.2. The van der Waals surface area contributed by atoms with Crippen LogP contribution in [0.15, 0.2) is 23.1 Å². The van der Waals surface area contributed by atoms with Crippen molar-refractivity contribution in [3.63, 3.8) is 0 Å². The van der Waals surface area contributed by atoms with Crippen molar-refractivity contribution in [3.8, 4) is 0 Å². The van der Waals surface area contributed by atoms with Crippen molar-refractivity contribution in [3.05, 3.63) is 29.3 Å². The molecule has 0 atom stereocenters. The molecule has 1 aliphatic rings. The van der Waals surface area contributed by atoms with Gasteiger partial charge in [-0.1, -0.05) is 17.7 Å². The number of sulfonamides is 1. The van der Waals surface area contributed by atoms with Gasteiger partial charge >= 0.3 is 5.97 Å². The van der Waals surface area contributed by atoms with Crippen molar-refractivity contribution >= 4 is 16.0 Å². The first-order chi connectivity index (χ1) is 9.79. The minimum Gasteiger partial charge on any atom is -0.481 e. The summed E-state index contributed by atoms with van der Waals surface area (Å²) in [7, 11) is -3.54. The highest BCUT2D eigenvalue weighted by atomic mass is 32.2. The number of carboxylic acid groups (broad SMARTS) is 1. The molecule has 1 aromatic carbocycles. The van der Waals surface area contributed by atoms with Crippen LogP contribution in [-0.2, 0) is 14.8 Å². The van der Waals surface area contributed by atoms with Gasteiger partial charge in [0.05, 0.1) is 10.8 Å². The van der Waals surface area contributed by atoms with E-state index in [9.17, 15) is 13.2 Å². The van der Waals surface area contributed by atoms with E-state index >= 15 is 0 Å². The van der Waals surface area contributed by atoms with Gasteiger partial charge in [-0.3, -0.25) is 4.79 Å². The van der Waals surface area contributed by atoms with E-state index in [4.69, 9.17) is 5.11 Å². The van der Waals surface area contributed by atoms with Crippen molar-refractivity contribution in [1.29, 1.82) is 0 Å². The van der Waals surface area contributed by atoms with Crippen molar-refractivity contribution in [2.24, 2.45) is 5.92 Å². The second-order valence-electron chi connectivity index (χ2n) is 5.78. The van der Waals surface area contributed by atoms with Crippen LogP contribution in [-0.4, -0.2) is 25.5 Å². The lowest BCUT2D eigenvalue weighted by atomic mass is 9.87. The fraction of sp³-hybridized carbons (Fsp3) is 0.533. The largest absolute Gasteiger partial charge is 0.481 e. The third-order valence-corrected chi connectivity index (χ3v) is 5.70. The number of aliphatic carboxylic acids is 1. The molecule has 0 spiro atoms. The number of nitrogens with one attached hydrogen (secondary N) is 1. The van der Waals surface area contributed by atoms with Crippen LogP contribution < -0.4 is 4.72 Å². The van der Waals surface area contributed by atoms with Crippen LogP contribution in [0.5, 0.6) is 0 Å². The molecule has 0 aliphatic heterocycles. The van der Waals surface area contributed by atoms with Crippen LogP contribution in [0.3, 0.4) is 0 Å². The predicted octanol–water partition coefficient (Wildman–Crippen LogP) is 2.23. The first kappa shape index (κ1) is 16.0. The van der Waals surface area contributed by atoms with Gasteiger partial charge in [0.2, 0.25) is 10.0 Å². The lowest BCUT2D eigenvalue weighted by Crippen LogP contribution is -2.38. The molecule has 0 radical (unpaired) electrons. The van der Waals surface area contributed by atoms with Crippen LogP contribution >= 0.6 is 0 Å². The van der Waals surface area contributed by atoms with E-state index in [2.05, 4.69) is 4.72 Å². The van der Waals surface area contributed by atoms with Gasteiger partial charge in [-0.05, 0) is 51.2 Å². The Kier molecular flexibility index (Phi) is 4.68. The van der Waals surface area contributed by atoms with Gasteiger partial charge in [-0.25, -0.2) is 13.1 Å². The molecule has 0 amide bonds. The van der Waals surface area contributed by atoms with Crippen molar-refractivity contribution in [2.45, 2.75) is 50.5 Å². The summed E-state index contributed by atoms with van der Waals surface area (Å²) in [5.74, 6) is -1.13. The molecule has 116 valence electrons. The Morgan fingerprint density at radius 2 is 1.81 bits per heavy atom. The van der Waals surface area contributed by atoms with Crippen LogP contribution in [0, 0.1) is 19.8 Å². The molecule has 6 heteroatoms.